The lowest BCUT2D eigenvalue weighted by Crippen LogP contribution is -2.27. The summed E-state index contributed by atoms with van der Waals surface area (Å²) in [5, 5.41) is 2.76. The number of methoxy groups -OCH3 is 1. The third-order valence-corrected chi connectivity index (χ3v) is 3.38. The maximum atomic E-state index is 12.6. The normalized spacial score (nSPS) is 11.7. The Labute approximate surface area is 141 Å². The first-order valence-corrected chi connectivity index (χ1v) is 7.71. The molecule has 2 rings (SSSR count). The van der Waals surface area contributed by atoms with Crippen molar-refractivity contribution in [3.63, 3.8) is 0 Å². The van der Waals surface area contributed by atoms with Crippen LogP contribution >= 0.6 is 0 Å². The molecule has 0 aliphatic carbocycles. The van der Waals surface area contributed by atoms with E-state index in [0.29, 0.717) is 17.0 Å². The number of hydrogen-bond donors (Lipinski definition) is 1. The van der Waals surface area contributed by atoms with E-state index in [4.69, 9.17) is 9.47 Å². The molecular weight excluding hydrogens is 306 g/mol. The number of amides is 1. The van der Waals surface area contributed by atoms with Gasteiger partial charge in [0.25, 0.3) is 5.91 Å². The average Bonchev–Trinajstić information content (AvgIpc) is 2.60. The lowest BCUT2D eigenvalue weighted by Gasteiger charge is -2.19. The highest BCUT2D eigenvalue weighted by atomic mass is 16.5. The standard InChI is InChI=1S/C19H21NO4/c1-13(2)19(22)24-17(14-8-5-4-6-9-14)18(21)20-15-10-7-11-16(12-15)23-3/h4-13,17H,1-3H3,(H,20,21)/t17-/m0/s1. The molecule has 5 nitrogen and oxygen atoms in total. The molecule has 5 heteroatoms. The molecule has 0 saturated carbocycles. The van der Waals surface area contributed by atoms with Gasteiger partial charge in [-0.1, -0.05) is 50.2 Å². The Kier molecular flexibility index (Phi) is 5.95. The highest BCUT2D eigenvalue weighted by Gasteiger charge is 2.26. The number of esters is 1. The van der Waals surface area contributed by atoms with E-state index < -0.39 is 18.0 Å². The third-order valence-electron chi connectivity index (χ3n) is 3.38. The predicted octanol–water partition coefficient (Wildman–Crippen LogP) is 3.57. The van der Waals surface area contributed by atoms with Crippen molar-refractivity contribution in [1.82, 2.24) is 0 Å². The van der Waals surface area contributed by atoms with Crippen molar-refractivity contribution in [2.75, 3.05) is 12.4 Å². The topological polar surface area (TPSA) is 64.6 Å². The minimum absolute atomic E-state index is 0.319. The van der Waals surface area contributed by atoms with Gasteiger partial charge in [-0.05, 0) is 12.1 Å². The van der Waals surface area contributed by atoms with Crippen LogP contribution in [0, 0.1) is 5.92 Å². The highest BCUT2D eigenvalue weighted by Crippen LogP contribution is 2.23. The molecule has 1 N–H and O–H groups in total. The maximum absolute atomic E-state index is 12.6. The Bertz CT molecular complexity index is 698. The number of nitrogens with one attached hydrogen (secondary N) is 1. The molecule has 24 heavy (non-hydrogen) atoms. The summed E-state index contributed by atoms with van der Waals surface area (Å²) in [5.41, 5.74) is 1.19. The van der Waals surface area contributed by atoms with E-state index in [1.807, 2.05) is 6.07 Å². The van der Waals surface area contributed by atoms with Gasteiger partial charge in [-0.25, -0.2) is 0 Å². The summed E-state index contributed by atoms with van der Waals surface area (Å²) in [6.07, 6.45) is -1.01. The average molecular weight is 327 g/mol. The lowest BCUT2D eigenvalue weighted by atomic mass is 10.1. The molecule has 0 radical (unpaired) electrons. The minimum Gasteiger partial charge on any atom is -0.497 e. The summed E-state index contributed by atoms with van der Waals surface area (Å²) in [7, 11) is 1.55. The smallest absolute Gasteiger partial charge is 0.309 e. The van der Waals surface area contributed by atoms with Crippen LogP contribution in [-0.2, 0) is 14.3 Å². The SMILES string of the molecule is COc1cccc(NC(=O)[C@@H](OC(=O)C(C)C)c2ccccc2)c1. The lowest BCUT2D eigenvalue weighted by molar-refractivity contribution is -0.157. The largest absolute Gasteiger partial charge is 0.497 e. The Morgan fingerprint density at radius 1 is 1.00 bits per heavy atom. The first-order valence-electron chi connectivity index (χ1n) is 7.71. The molecule has 1 atom stereocenters. The minimum atomic E-state index is -1.01. The van der Waals surface area contributed by atoms with Crippen molar-refractivity contribution >= 4 is 17.6 Å². The molecule has 0 aromatic heterocycles. The van der Waals surface area contributed by atoms with Gasteiger partial charge in [0.15, 0.2) is 0 Å². The van der Waals surface area contributed by atoms with E-state index in [0.717, 1.165) is 0 Å². The quantitative estimate of drug-likeness (QED) is 0.824. The number of rotatable bonds is 6. The van der Waals surface area contributed by atoms with E-state index >= 15 is 0 Å². The third kappa shape index (κ3) is 4.59. The second-order valence-corrected chi connectivity index (χ2v) is 5.60. The van der Waals surface area contributed by atoms with Crippen LogP contribution in [-0.4, -0.2) is 19.0 Å². The van der Waals surface area contributed by atoms with Gasteiger partial charge in [0.1, 0.15) is 5.75 Å². The van der Waals surface area contributed by atoms with Gasteiger partial charge in [-0.2, -0.15) is 0 Å². The number of anilines is 1. The van der Waals surface area contributed by atoms with Crippen LogP contribution in [0.1, 0.15) is 25.5 Å². The van der Waals surface area contributed by atoms with E-state index in [2.05, 4.69) is 5.32 Å². The molecule has 2 aromatic carbocycles. The summed E-state index contributed by atoms with van der Waals surface area (Å²) >= 11 is 0. The number of carbonyl (C=O) groups is 2. The molecule has 0 aliphatic heterocycles. The van der Waals surface area contributed by atoms with Gasteiger partial charge in [0, 0.05) is 17.3 Å². The van der Waals surface area contributed by atoms with Crippen LogP contribution in [0.3, 0.4) is 0 Å². The molecule has 2 aromatic rings. The van der Waals surface area contributed by atoms with Crippen LogP contribution in [0.15, 0.2) is 54.6 Å². The van der Waals surface area contributed by atoms with Crippen molar-refractivity contribution in [2.24, 2.45) is 5.92 Å². The Balaban J connectivity index is 2.22. The van der Waals surface area contributed by atoms with Crippen LogP contribution in [0.5, 0.6) is 5.75 Å². The molecule has 0 aliphatic rings. The summed E-state index contributed by atoms with van der Waals surface area (Å²) in [4.78, 5) is 24.6. The van der Waals surface area contributed by atoms with Crippen LogP contribution in [0.4, 0.5) is 5.69 Å². The first kappa shape index (κ1) is 17.5. The van der Waals surface area contributed by atoms with Gasteiger partial charge in [0.2, 0.25) is 6.10 Å². The fraction of sp³-hybridized carbons (Fsp3) is 0.263. The Morgan fingerprint density at radius 3 is 2.33 bits per heavy atom. The summed E-state index contributed by atoms with van der Waals surface area (Å²) in [6.45, 7) is 3.45. The van der Waals surface area contributed by atoms with Gasteiger partial charge in [0.05, 0.1) is 13.0 Å². The van der Waals surface area contributed by atoms with Crippen molar-refractivity contribution in [1.29, 1.82) is 0 Å². The molecule has 0 unspecified atom stereocenters. The first-order chi connectivity index (χ1) is 11.5. The molecule has 0 spiro atoms. The van der Waals surface area contributed by atoms with Crippen LogP contribution in [0.25, 0.3) is 0 Å². The predicted molar refractivity (Wildman–Crippen MR) is 91.7 cm³/mol. The summed E-state index contributed by atoms with van der Waals surface area (Å²) in [6, 6.07) is 15.9. The Hall–Kier alpha value is -2.82. The van der Waals surface area contributed by atoms with Crippen molar-refractivity contribution in [2.45, 2.75) is 20.0 Å². The van der Waals surface area contributed by atoms with Crippen LogP contribution in [0.2, 0.25) is 0 Å². The zero-order chi connectivity index (χ0) is 17.5. The Morgan fingerprint density at radius 2 is 1.71 bits per heavy atom. The van der Waals surface area contributed by atoms with Gasteiger partial charge in [-0.15, -0.1) is 0 Å². The van der Waals surface area contributed by atoms with Crippen molar-refractivity contribution in [3.05, 3.63) is 60.2 Å². The molecule has 0 heterocycles. The monoisotopic (exact) mass is 327 g/mol. The molecular formula is C19H21NO4. The number of hydrogen-bond acceptors (Lipinski definition) is 4. The van der Waals surface area contributed by atoms with E-state index in [-0.39, 0.29) is 5.92 Å². The molecule has 126 valence electrons. The number of ether oxygens (including phenoxy) is 2. The summed E-state index contributed by atoms with van der Waals surface area (Å²) in [5.74, 6) is -0.530. The van der Waals surface area contributed by atoms with E-state index in [9.17, 15) is 9.59 Å². The maximum Gasteiger partial charge on any atom is 0.309 e. The van der Waals surface area contributed by atoms with Crippen LogP contribution < -0.4 is 10.1 Å². The van der Waals surface area contributed by atoms with Gasteiger partial charge in [-0.3, -0.25) is 9.59 Å². The van der Waals surface area contributed by atoms with Gasteiger partial charge >= 0.3 is 5.97 Å². The number of carbonyl (C=O) groups excluding carboxylic acids is 2. The molecule has 0 bridgehead atoms. The molecule has 0 fully saturated rings. The van der Waals surface area contributed by atoms with E-state index in [1.165, 1.54) is 0 Å². The fourth-order valence-corrected chi connectivity index (χ4v) is 2.06. The molecule has 1 amide bonds. The van der Waals surface area contributed by atoms with Crippen molar-refractivity contribution < 1.29 is 19.1 Å². The zero-order valence-electron chi connectivity index (χ0n) is 14.0. The second-order valence-electron chi connectivity index (χ2n) is 5.60. The van der Waals surface area contributed by atoms with Crippen molar-refractivity contribution in [3.8, 4) is 5.75 Å². The van der Waals surface area contributed by atoms with Gasteiger partial charge < -0.3 is 14.8 Å². The molecule has 0 saturated heterocycles. The highest BCUT2D eigenvalue weighted by molar-refractivity contribution is 5.96. The summed E-state index contributed by atoms with van der Waals surface area (Å²) < 4.78 is 10.5. The number of benzene rings is 2. The zero-order valence-corrected chi connectivity index (χ0v) is 14.0. The second kappa shape index (κ2) is 8.15. The van der Waals surface area contributed by atoms with E-state index in [1.54, 1.807) is 69.5 Å². The fourth-order valence-electron chi connectivity index (χ4n) is 2.06.